The van der Waals surface area contributed by atoms with Gasteiger partial charge in [-0.05, 0) is 43.0 Å². The molecule has 6 nitrogen and oxygen atoms in total. The molecule has 0 aliphatic heterocycles. The van der Waals surface area contributed by atoms with E-state index >= 15 is 0 Å². The first-order chi connectivity index (χ1) is 10.2. The van der Waals surface area contributed by atoms with Crippen LogP contribution in [-0.2, 0) is 9.53 Å². The monoisotopic (exact) mass is 310 g/mol. The molecule has 2 N–H and O–H groups in total. The SMILES string of the molecule is CC(C)C(C)C(C)OC=O.O=C(O)c1ccc(C(=O)O)cc1. The van der Waals surface area contributed by atoms with Gasteiger partial charge in [-0.3, -0.25) is 4.79 Å². The minimum Gasteiger partial charge on any atom is -0.478 e. The van der Waals surface area contributed by atoms with E-state index in [0.29, 0.717) is 18.3 Å². The Morgan fingerprint density at radius 1 is 0.955 bits per heavy atom. The van der Waals surface area contributed by atoms with Crippen molar-refractivity contribution in [3.63, 3.8) is 0 Å². The summed E-state index contributed by atoms with van der Waals surface area (Å²) in [4.78, 5) is 30.6. The first kappa shape index (κ1) is 19.6. The molecule has 0 heterocycles. The molecule has 22 heavy (non-hydrogen) atoms. The molecule has 0 fully saturated rings. The van der Waals surface area contributed by atoms with Crippen molar-refractivity contribution >= 4 is 18.4 Å². The summed E-state index contributed by atoms with van der Waals surface area (Å²) in [5.74, 6) is -1.13. The molecule has 0 saturated heterocycles. The second-order valence-corrected chi connectivity index (χ2v) is 5.23. The standard InChI is InChI=1S/C8H6O4.C8H16O2/c9-7(10)5-1-2-6(4-3-5)8(11)12;1-6(2)7(3)8(4)10-5-9/h1-4H,(H,9,10)(H,11,12);5-8H,1-4H3. The van der Waals surface area contributed by atoms with E-state index in [1.165, 1.54) is 24.3 Å². The molecule has 0 radical (unpaired) electrons. The minimum atomic E-state index is -1.06. The van der Waals surface area contributed by atoms with E-state index in [1.54, 1.807) is 0 Å². The van der Waals surface area contributed by atoms with E-state index in [9.17, 15) is 14.4 Å². The van der Waals surface area contributed by atoms with E-state index in [2.05, 4.69) is 20.8 Å². The second kappa shape index (κ2) is 9.55. The minimum absolute atomic E-state index is 0.0394. The van der Waals surface area contributed by atoms with Gasteiger partial charge in [-0.15, -0.1) is 0 Å². The van der Waals surface area contributed by atoms with Gasteiger partial charge in [0.1, 0.15) is 6.10 Å². The molecule has 0 bridgehead atoms. The van der Waals surface area contributed by atoms with Gasteiger partial charge in [0, 0.05) is 0 Å². The van der Waals surface area contributed by atoms with Crippen LogP contribution in [0.4, 0.5) is 0 Å². The number of hydrogen-bond donors (Lipinski definition) is 2. The zero-order valence-corrected chi connectivity index (χ0v) is 13.1. The average Bonchev–Trinajstić information content (AvgIpc) is 2.47. The summed E-state index contributed by atoms with van der Waals surface area (Å²) in [6, 6.07) is 5.02. The fourth-order valence-electron chi connectivity index (χ4n) is 1.51. The highest BCUT2D eigenvalue weighted by atomic mass is 16.5. The number of carboxylic acid groups (broad SMARTS) is 2. The molecule has 2 unspecified atom stereocenters. The van der Waals surface area contributed by atoms with Crippen LogP contribution in [-0.4, -0.2) is 34.7 Å². The molecule has 0 aliphatic rings. The van der Waals surface area contributed by atoms with Gasteiger partial charge in [0.2, 0.25) is 0 Å². The molecule has 0 amide bonds. The molecular weight excluding hydrogens is 288 g/mol. The Balaban J connectivity index is 0.000000409. The first-order valence-electron chi connectivity index (χ1n) is 6.86. The molecule has 1 aromatic carbocycles. The largest absolute Gasteiger partial charge is 0.478 e. The van der Waals surface area contributed by atoms with Gasteiger partial charge in [0.15, 0.2) is 0 Å². The van der Waals surface area contributed by atoms with Gasteiger partial charge < -0.3 is 14.9 Å². The van der Waals surface area contributed by atoms with Crippen LogP contribution in [0.5, 0.6) is 0 Å². The molecule has 2 atom stereocenters. The van der Waals surface area contributed by atoms with Gasteiger partial charge in [-0.25, -0.2) is 9.59 Å². The summed E-state index contributed by atoms with van der Waals surface area (Å²) in [6.07, 6.45) is 0.0394. The lowest BCUT2D eigenvalue weighted by atomic mass is 9.93. The van der Waals surface area contributed by atoms with Crippen molar-refractivity contribution in [2.75, 3.05) is 0 Å². The normalized spacial score (nSPS) is 12.6. The van der Waals surface area contributed by atoms with Crippen LogP contribution >= 0.6 is 0 Å². The number of ether oxygens (including phenoxy) is 1. The third kappa shape index (κ3) is 6.88. The molecule has 0 saturated carbocycles. The van der Waals surface area contributed by atoms with Crippen molar-refractivity contribution in [2.45, 2.75) is 33.8 Å². The molecular formula is C16H22O6. The van der Waals surface area contributed by atoms with Crippen LogP contribution in [0, 0.1) is 11.8 Å². The van der Waals surface area contributed by atoms with E-state index in [1.807, 2.05) is 6.92 Å². The zero-order valence-electron chi connectivity index (χ0n) is 13.1. The number of rotatable bonds is 6. The molecule has 1 rings (SSSR count). The van der Waals surface area contributed by atoms with Crippen molar-refractivity contribution in [3.05, 3.63) is 35.4 Å². The highest BCUT2D eigenvalue weighted by Crippen LogP contribution is 2.15. The molecule has 0 aliphatic carbocycles. The Hall–Kier alpha value is -2.37. The van der Waals surface area contributed by atoms with Crippen molar-refractivity contribution in [3.8, 4) is 0 Å². The van der Waals surface area contributed by atoms with Gasteiger partial charge in [0.25, 0.3) is 6.47 Å². The average molecular weight is 310 g/mol. The van der Waals surface area contributed by atoms with Crippen LogP contribution < -0.4 is 0 Å². The molecule has 122 valence electrons. The maximum Gasteiger partial charge on any atom is 0.335 e. The summed E-state index contributed by atoms with van der Waals surface area (Å²) in [5.41, 5.74) is 0.167. The van der Waals surface area contributed by atoms with Crippen LogP contribution in [0.2, 0.25) is 0 Å². The number of carboxylic acids is 2. The number of hydrogen-bond acceptors (Lipinski definition) is 4. The number of benzene rings is 1. The summed E-state index contributed by atoms with van der Waals surface area (Å²) in [6.45, 7) is 8.76. The lowest BCUT2D eigenvalue weighted by Crippen LogP contribution is -2.21. The molecule has 1 aromatic rings. The Morgan fingerprint density at radius 3 is 1.55 bits per heavy atom. The maximum absolute atomic E-state index is 10.3. The van der Waals surface area contributed by atoms with Crippen LogP contribution in [0.3, 0.4) is 0 Å². The predicted molar refractivity (Wildman–Crippen MR) is 81.0 cm³/mol. The van der Waals surface area contributed by atoms with E-state index < -0.39 is 11.9 Å². The Bertz CT molecular complexity index is 459. The summed E-state index contributed by atoms with van der Waals surface area (Å²) >= 11 is 0. The summed E-state index contributed by atoms with van der Waals surface area (Å²) in [5, 5.41) is 16.9. The third-order valence-electron chi connectivity index (χ3n) is 3.44. The molecule has 0 spiro atoms. The topological polar surface area (TPSA) is 101 Å². The lowest BCUT2D eigenvalue weighted by Gasteiger charge is -2.21. The van der Waals surface area contributed by atoms with Gasteiger partial charge in [0.05, 0.1) is 11.1 Å². The van der Waals surface area contributed by atoms with E-state index in [4.69, 9.17) is 14.9 Å². The fraction of sp³-hybridized carbons (Fsp3) is 0.438. The fourth-order valence-corrected chi connectivity index (χ4v) is 1.51. The first-order valence-corrected chi connectivity index (χ1v) is 6.86. The number of aromatic carboxylic acids is 2. The Kier molecular flexibility index (Phi) is 8.52. The smallest absolute Gasteiger partial charge is 0.335 e. The maximum atomic E-state index is 10.3. The Morgan fingerprint density at radius 2 is 1.32 bits per heavy atom. The number of carbonyl (C=O) groups is 3. The third-order valence-corrected chi connectivity index (χ3v) is 3.44. The van der Waals surface area contributed by atoms with E-state index in [-0.39, 0.29) is 17.2 Å². The van der Waals surface area contributed by atoms with Crippen molar-refractivity contribution in [2.24, 2.45) is 11.8 Å². The highest BCUT2D eigenvalue weighted by molar-refractivity contribution is 5.91. The Labute approximate surface area is 129 Å². The van der Waals surface area contributed by atoms with Gasteiger partial charge in [-0.2, -0.15) is 0 Å². The van der Waals surface area contributed by atoms with E-state index in [0.717, 1.165) is 0 Å². The molecule has 0 aromatic heterocycles. The highest BCUT2D eigenvalue weighted by Gasteiger charge is 2.15. The molecule has 6 heteroatoms. The van der Waals surface area contributed by atoms with Crippen molar-refractivity contribution < 1.29 is 29.3 Å². The predicted octanol–water partition coefficient (Wildman–Crippen LogP) is 2.92. The lowest BCUT2D eigenvalue weighted by molar-refractivity contribution is -0.135. The zero-order chi connectivity index (χ0) is 17.3. The quantitative estimate of drug-likeness (QED) is 0.783. The summed E-state index contributed by atoms with van der Waals surface area (Å²) in [7, 11) is 0. The van der Waals surface area contributed by atoms with Crippen LogP contribution in [0.25, 0.3) is 0 Å². The van der Waals surface area contributed by atoms with Crippen molar-refractivity contribution in [1.29, 1.82) is 0 Å². The van der Waals surface area contributed by atoms with Crippen LogP contribution in [0.15, 0.2) is 24.3 Å². The van der Waals surface area contributed by atoms with Crippen LogP contribution in [0.1, 0.15) is 48.4 Å². The number of carbonyl (C=O) groups excluding carboxylic acids is 1. The summed E-state index contributed by atoms with van der Waals surface area (Å²) < 4.78 is 4.78. The van der Waals surface area contributed by atoms with Crippen molar-refractivity contribution in [1.82, 2.24) is 0 Å². The van der Waals surface area contributed by atoms with Gasteiger partial charge in [-0.1, -0.05) is 20.8 Å². The van der Waals surface area contributed by atoms with Gasteiger partial charge >= 0.3 is 11.9 Å². The second-order valence-electron chi connectivity index (χ2n) is 5.23.